The molecule has 0 fully saturated rings. The first kappa shape index (κ1) is 8.59. The van der Waals surface area contributed by atoms with Crippen molar-refractivity contribution < 1.29 is 4.79 Å². The van der Waals surface area contributed by atoms with Gasteiger partial charge in [0.15, 0.2) is 0 Å². The minimum absolute atomic E-state index is 0.248. The van der Waals surface area contributed by atoms with Gasteiger partial charge >= 0.3 is 0 Å². The van der Waals surface area contributed by atoms with Crippen LogP contribution in [0.3, 0.4) is 0 Å². The van der Waals surface area contributed by atoms with E-state index in [4.69, 9.17) is 11.5 Å². The lowest BCUT2D eigenvalue weighted by molar-refractivity contribution is -0.114. The van der Waals surface area contributed by atoms with Gasteiger partial charge in [0.2, 0.25) is 0 Å². The molecule has 1 rings (SSSR count). The Morgan fingerprint density at radius 1 is 1.58 bits per heavy atom. The Balaban J connectivity index is 3.02. The van der Waals surface area contributed by atoms with Gasteiger partial charge in [-0.05, 0) is 12.0 Å². The molecule has 0 saturated carbocycles. The summed E-state index contributed by atoms with van der Waals surface area (Å²) >= 11 is 0. The van der Waals surface area contributed by atoms with Crippen LogP contribution in [-0.2, 0) is 4.79 Å². The smallest absolute Gasteiger partial charge is 0.250 e. The maximum absolute atomic E-state index is 10.8. The van der Waals surface area contributed by atoms with E-state index >= 15 is 0 Å². The van der Waals surface area contributed by atoms with Crippen LogP contribution in [0.25, 0.3) is 0 Å². The van der Waals surface area contributed by atoms with Crippen molar-refractivity contribution in [1.82, 2.24) is 0 Å². The second kappa shape index (κ2) is 3.26. The predicted molar refractivity (Wildman–Crippen MR) is 47.9 cm³/mol. The maximum atomic E-state index is 10.8. The van der Waals surface area contributed by atoms with E-state index in [1.807, 2.05) is 13.0 Å². The Bertz CT molecular complexity index is 287. The Kier molecular flexibility index (Phi) is 2.33. The number of rotatable bonds is 1. The minimum atomic E-state index is -0.484. The predicted octanol–water partition coefficient (Wildman–Crippen LogP) is 0.447. The van der Waals surface area contributed by atoms with Gasteiger partial charge < -0.3 is 11.5 Å². The van der Waals surface area contributed by atoms with Crippen molar-refractivity contribution in [2.24, 2.45) is 17.4 Å². The second-order valence-electron chi connectivity index (χ2n) is 2.81. The lowest BCUT2D eigenvalue weighted by Gasteiger charge is -2.02. The molecule has 0 heterocycles. The van der Waals surface area contributed by atoms with Gasteiger partial charge in [-0.15, -0.1) is 0 Å². The summed E-state index contributed by atoms with van der Waals surface area (Å²) in [5.41, 5.74) is 11.6. The molecule has 1 aliphatic carbocycles. The number of allylic oxidation sites excluding steroid dienone is 4. The first-order valence-electron chi connectivity index (χ1n) is 3.77. The summed E-state index contributed by atoms with van der Waals surface area (Å²) in [6.07, 6.45) is 7.18. The fourth-order valence-electron chi connectivity index (χ4n) is 1.08. The molecular formula is C9H12N2O. The third-order valence-electron chi connectivity index (χ3n) is 1.70. The molecule has 3 heteroatoms. The van der Waals surface area contributed by atoms with Crippen LogP contribution in [0.4, 0.5) is 0 Å². The average Bonchev–Trinajstić information content (AvgIpc) is 2.10. The molecule has 64 valence electrons. The van der Waals surface area contributed by atoms with Crippen molar-refractivity contribution in [2.45, 2.75) is 6.92 Å². The fourth-order valence-corrected chi connectivity index (χ4v) is 1.08. The Morgan fingerprint density at radius 3 is 2.83 bits per heavy atom. The van der Waals surface area contributed by atoms with Gasteiger partial charge in [-0.25, -0.2) is 0 Å². The first-order chi connectivity index (χ1) is 5.61. The quantitative estimate of drug-likeness (QED) is 0.590. The SMILES string of the molecule is CC1C=CC=C(C(N)=O)C(N)=C1. The highest BCUT2D eigenvalue weighted by molar-refractivity contribution is 5.96. The van der Waals surface area contributed by atoms with Crippen LogP contribution in [0.2, 0.25) is 0 Å². The summed E-state index contributed by atoms with van der Waals surface area (Å²) in [4.78, 5) is 10.8. The zero-order valence-corrected chi connectivity index (χ0v) is 6.95. The van der Waals surface area contributed by atoms with Gasteiger partial charge in [-0.3, -0.25) is 4.79 Å². The van der Waals surface area contributed by atoms with Crippen LogP contribution in [0, 0.1) is 5.92 Å². The van der Waals surface area contributed by atoms with Gasteiger partial charge in [-0.1, -0.05) is 25.2 Å². The van der Waals surface area contributed by atoms with Crippen molar-refractivity contribution in [2.75, 3.05) is 0 Å². The van der Waals surface area contributed by atoms with Gasteiger partial charge in [-0.2, -0.15) is 0 Å². The monoisotopic (exact) mass is 164 g/mol. The normalized spacial score (nSPS) is 22.6. The van der Waals surface area contributed by atoms with E-state index < -0.39 is 5.91 Å². The van der Waals surface area contributed by atoms with E-state index in [0.29, 0.717) is 11.3 Å². The van der Waals surface area contributed by atoms with Gasteiger partial charge in [0, 0.05) is 5.70 Å². The zero-order valence-electron chi connectivity index (χ0n) is 6.95. The molecule has 1 unspecified atom stereocenters. The van der Waals surface area contributed by atoms with Gasteiger partial charge in [0.1, 0.15) is 0 Å². The molecule has 0 radical (unpaired) electrons. The van der Waals surface area contributed by atoms with Gasteiger partial charge in [0.25, 0.3) is 5.91 Å². The highest BCUT2D eigenvalue weighted by atomic mass is 16.1. The molecule has 12 heavy (non-hydrogen) atoms. The average molecular weight is 164 g/mol. The summed E-state index contributed by atoms with van der Waals surface area (Å²) < 4.78 is 0. The minimum Gasteiger partial charge on any atom is -0.398 e. The standard InChI is InChI=1S/C9H12N2O/c1-6-3-2-4-7(9(11)12)8(10)5-6/h2-6H,10H2,1H3,(H2,11,12). The van der Waals surface area contributed by atoms with Crippen molar-refractivity contribution in [1.29, 1.82) is 0 Å². The molecular weight excluding hydrogens is 152 g/mol. The molecule has 0 aromatic rings. The van der Waals surface area contributed by atoms with E-state index in [-0.39, 0.29) is 5.92 Å². The molecule has 1 amide bonds. The molecule has 0 aromatic carbocycles. The molecule has 0 aromatic heterocycles. The number of hydrogen-bond donors (Lipinski definition) is 2. The van der Waals surface area contributed by atoms with E-state index in [2.05, 4.69) is 0 Å². The Morgan fingerprint density at radius 2 is 2.25 bits per heavy atom. The van der Waals surface area contributed by atoms with Crippen LogP contribution in [0.15, 0.2) is 35.6 Å². The third-order valence-corrected chi connectivity index (χ3v) is 1.70. The molecule has 0 aliphatic heterocycles. The number of primary amides is 1. The van der Waals surface area contributed by atoms with Crippen molar-refractivity contribution in [3.05, 3.63) is 35.6 Å². The molecule has 3 nitrogen and oxygen atoms in total. The zero-order chi connectivity index (χ0) is 9.14. The number of carbonyl (C=O) groups excluding carboxylic acids is 1. The van der Waals surface area contributed by atoms with Gasteiger partial charge in [0.05, 0.1) is 5.57 Å². The van der Waals surface area contributed by atoms with Crippen LogP contribution in [0.1, 0.15) is 6.92 Å². The lowest BCUT2D eigenvalue weighted by atomic mass is 10.1. The van der Waals surface area contributed by atoms with Crippen LogP contribution in [0.5, 0.6) is 0 Å². The lowest BCUT2D eigenvalue weighted by Crippen LogP contribution is -2.18. The summed E-state index contributed by atoms with van der Waals surface area (Å²) in [6.45, 7) is 1.99. The van der Waals surface area contributed by atoms with Crippen molar-refractivity contribution >= 4 is 5.91 Å². The summed E-state index contributed by atoms with van der Waals surface area (Å²) in [7, 11) is 0. The van der Waals surface area contributed by atoms with Crippen LogP contribution >= 0.6 is 0 Å². The largest absolute Gasteiger partial charge is 0.398 e. The molecule has 1 atom stereocenters. The summed E-state index contributed by atoms with van der Waals surface area (Å²) in [5.74, 6) is -0.236. The third kappa shape index (κ3) is 1.75. The molecule has 4 N–H and O–H groups in total. The Hall–Kier alpha value is -1.51. The Labute approximate surface area is 71.4 Å². The highest BCUT2D eigenvalue weighted by Gasteiger charge is 2.09. The maximum Gasteiger partial charge on any atom is 0.250 e. The van der Waals surface area contributed by atoms with Crippen LogP contribution < -0.4 is 11.5 Å². The number of nitrogens with two attached hydrogens (primary N) is 2. The topological polar surface area (TPSA) is 69.1 Å². The van der Waals surface area contributed by atoms with E-state index in [1.165, 1.54) is 0 Å². The molecule has 0 saturated heterocycles. The van der Waals surface area contributed by atoms with Crippen LogP contribution in [-0.4, -0.2) is 5.91 Å². The molecule has 0 spiro atoms. The van der Waals surface area contributed by atoms with Crippen molar-refractivity contribution in [3.8, 4) is 0 Å². The highest BCUT2D eigenvalue weighted by Crippen LogP contribution is 2.13. The first-order valence-corrected chi connectivity index (χ1v) is 3.77. The fraction of sp³-hybridized carbons (Fsp3) is 0.222. The number of hydrogen-bond acceptors (Lipinski definition) is 2. The molecule has 0 bridgehead atoms. The van der Waals surface area contributed by atoms with E-state index in [1.54, 1.807) is 18.2 Å². The number of carbonyl (C=O) groups is 1. The van der Waals surface area contributed by atoms with Crippen molar-refractivity contribution in [3.63, 3.8) is 0 Å². The summed E-state index contributed by atoms with van der Waals surface area (Å²) in [5, 5.41) is 0. The van der Waals surface area contributed by atoms with E-state index in [9.17, 15) is 4.79 Å². The van der Waals surface area contributed by atoms with E-state index in [0.717, 1.165) is 0 Å². The summed E-state index contributed by atoms with van der Waals surface area (Å²) in [6, 6.07) is 0. The number of amides is 1. The second-order valence-corrected chi connectivity index (χ2v) is 2.81. The molecule has 1 aliphatic rings.